The normalized spacial score (nSPS) is 26.0. The second-order valence-corrected chi connectivity index (χ2v) is 13.1. The Hall–Kier alpha value is -4.37. The number of benzene rings is 3. The van der Waals surface area contributed by atoms with Crippen LogP contribution in [-0.4, -0.2) is 17.9 Å². The molecule has 3 nitrogen and oxygen atoms in total. The van der Waals surface area contributed by atoms with E-state index in [9.17, 15) is 0 Å². The highest BCUT2D eigenvalue weighted by atomic mass is 16.5. The number of para-hydroxylation sites is 1. The number of ether oxygens (including phenoxy) is 1. The molecule has 2 aliphatic heterocycles. The van der Waals surface area contributed by atoms with Crippen molar-refractivity contribution in [3.05, 3.63) is 120 Å². The Morgan fingerprint density at radius 3 is 2.61 bits per heavy atom. The van der Waals surface area contributed by atoms with E-state index >= 15 is 0 Å². The third-order valence-corrected chi connectivity index (χ3v) is 10.4. The quantitative estimate of drug-likeness (QED) is 0.227. The van der Waals surface area contributed by atoms with Gasteiger partial charge in [-0.3, -0.25) is 4.99 Å². The van der Waals surface area contributed by atoms with E-state index in [-0.39, 0.29) is 6.10 Å². The van der Waals surface area contributed by atoms with E-state index in [2.05, 4.69) is 91.1 Å². The summed E-state index contributed by atoms with van der Waals surface area (Å²) in [6.07, 6.45) is 25.9. The molecule has 44 heavy (non-hydrogen) atoms. The largest absolute Gasteiger partial charge is 0.485 e. The first-order chi connectivity index (χ1) is 21.8. The molecule has 0 radical (unpaired) electrons. The summed E-state index contributed by atoms with van der Waals surface area (Å²) in [5.74, 6) is 2.07. The second kappa shape index (κ2) is 10.7. The summed E-state index contributed by atoms with van der Waals surface area (Å²) in [7, 11) is 0. The van der Waals surface area contributed by atoms with Gasteiger partial charge in [-0.15, -0.1) is 0 Å². The summed E-state index contributed by atoms with van der Waals surface area (Å²) < 4.78 is 12.8. The molecule has 0 amide bonds. The molecule has 5 aliphatic rings. The Kier molecular flexibility index (Phi) is 6.32. The summed E-state index contributed by atoms with van der Waals surface area (Å²) in [6, 6.07) is 21.9. The second-order valence-electron chi connectivity index (χ2n) is 13.1. The average Bonchev–Trinajstić information content (AvgIpc) is 3.66. The Labute approximate surface area is 259 Å². The molecule has 4 atom stereocenters. The third-order valence-electron chi connectivity index (χ3n) is 10.4. The van der Waals surface area contributed by atoms with Crippen LogP contribution in [0.5, 0.6) is 5.75 Å². The van der Waals surface area contributed by atoms with Gasteiger partial charge in [-0.05, 0) is 104 Å². The maximum absolute atomic E-state index is 6.63. The molecule has 0 saturated heterocycles. The summed E-state index contributed by atoms with van der Waals surface area (Å²) in [5.41, 5.74) is 11.0. The molecule has 4 aromatic rings. The molecular weight excluding hydrogens is 538 g/mol. The lowest BCUT2D eigenvalue weighted by Crippen LogP contribution is -2.32. The monoisotopic (exact) mass is 575 g/mol. The maximum atomic E-state index is 6.63. The van der Waals surface area contributed by atoms with Crippen LogP contribution in [-0.2, 0) is 0 Å². The van der Waals surface area contributed by atoms with E-state index in [0.29, 0.717) is 17.9 Å². The Morgan fingerprint density at radius 2 is 1.70 bits per heavy atom. The molecule has 3 aliphatic carbocycles. The van der Waals surface area contributed by atoms with Crippen molar-refractivity contribution in [2.24, 2.45) is 16.8 Å². The summed E-state index contributed by atoms with van der Waals surface area (Å²) >= 11 is 0. The van der Waals surface area contributed by atoms with E-state index in [4.69, 9.17) is 14.1 Å². The first-order valence-corrected chi connectivity index (χ1v) is 16.5. The van der Waals surface area contributed by atoms with Crippen LogP contribution < -0.4 is 4.74 Å². The van der Waals surface area contributed by atoms with Crippen LogP contribution in [0.25, 0.3) is 38.6 Å². The van der Waals surface area contributed by atoms with Gasteiger partial charge in [-0.25, -0.2) is 0 Å². The molecule has 1 aromatic heterocycles. The fraction of sp³-hybridized carbons (Fsp3) is 0.293. The van der Waals surface area contributed by atoms with E-state index in [1.54, 1.807) is 0 Å². The smallest absolute Gasteiger partial charge is 0.136 e. The van der Waals surface area contributed by atoms with Crippen molar-refractivity contribution >= 4 is 33.2 Å². The summed E-state index contributed by atoms with van der Waals surface area (Å²) in [6.45, 7) is 0. The average molecular weight is 576 g/mol. The van der Waals surface area contributed by atoms with Gasteiger partial charge < -0.3 is 9.15 Å². The zero-order valence-corrected chi connectivity index (χ0v) is 25.0. The fourth-order valence-electron chi connectivity index (χ4n) is 8.11. The lowest BCUT2D eigenvalue weighted by Gasteiger charge is -2.35. The molecule has 4 unspecified atom stereocenters. The molecular formula is C41H37NO2. The number of fused-ring (bicyclic) bond motifs is 6. The molecule has 218 valence electrons. The van der Waals surface area contributed by atoms with Crippen LogP contribution in [0.2, 0.25) is 0 Å². The van der Waals surface area contributed by atoms with Crippen molar-refractivity contribution in [3.8, 4) is 16.9 Å². The molecule has 0 spiro atoms. The zero-order valence-electron chi connectivity index (χ0n) is 25.0. The maximum Gasteiger partial charge on any atom is 0.136 e. The van der Waals surface area contributed by atoms with Crippen LogP contribution in [0.1, 0.15) is 56.9 Å². The standard InChI is InChI=1S/C41H37NO2/c1-3-9-26(10-4-1)36-22-31(23-37(42-36)27-11-5-2-6-12-27)30-16-19-34-35-21-28(17-20-39(35)44-41(34)25-30)29-15-18-33-32-13-7-8-14-38(32)43-40(33)24-29/h3,5,7-11,13-21,24,27,31,37,41H,1-2,4,6,12,22-23,25H2. The van der Waals surface area contributed by atoms with Gasteiger partial charge >= 0.3 is 0 Å². The highest BCUT2D eigenvalue weighted by Crippen LogP contribution is 2.47. The minimum atomic E-state index is 0.0854. The van der Waals surface area contributed by atoms with Crippen molar-refractivity contribution in [2.45, 2.75) is 63.5 Å². The predicted octanol–water partition coefficient (Wildman–Crippen LogP) is 10.6. The number of allylic oxidation sites excluding steroid dienone is 7. The third kappa shape index (κ3) is 4.53. The van der Waals surface area contributed by atoms with Gasteiger partial charge in [0.15, 0.2) is 0 Å². The van der Waals surface area contributed by atoms with Gasteiger partial charge in [-0.1, -0.05) is 78.4 Å². The van der Waals surface area contributed by atoms with E-state index < -0.39 is 0 Å². The molecule has 3 aromatic carbocycles. The van der Waals surface area contributed by atoms with Crippen molar-refractivity contribution in [1.29, 1.82) is 0 Å². The molecule has 0 fully saturated rings. The van der Waals surface area contributed by atoms with Gasteiger partial charge in [0.2, 0.25) is 0 Å². The molecule has 9 rings (SSSR count). The highest BCUT2D eigenvalue weighted by molar-refractivity contribution is 6.06. The molecule has 3 heterocycles. The van der Waals surface area contributed by atoms with E-state index in [1.165, 1.54) is 63.8 Å². The first kappa shape index (κ1) is 26.1. The fourth-order valence-corrected chi connectivity index (χ4v) is 8.11. The number of furan rings is 1. The zero-order chi connectivity index (χ0) is 29.0. The minimum Gasteiger partial charge on any atom is -0.485 e. The van der Waals surface area contributed by atoms with Crippen molar-refractivity contribution < 1.29 is 9.15 Å². The Bertz CT molecular complexity index is 1980. The lowest BCUT2D eigenvalue weighted by atomic mass is 9.74. The number of rotatable bonds is 4. The first-order valence-electron chi connectivity index (χ1n) is 16.5. The Balaban J connectivity index is 1.01. The minimum absolute atomic E-state index is 0.0854. The van der Waals surface area contributed by atoms with Crippen molar-refractivity contribution in [3.63, 3.8) is 0 Å². The van der Waals surface area contributed by atoms with Gasteiger partial charge in [0.25, 0.3) is 0 Å². The summed E-state index contributed by atoms with van der Waals surface area (Å²) in [5, 5.41) is 2.33. The van der Waals surface area contributed by atoms with Crippen LogP contribution in [0.3, 0.4) is 0 Å². The molecule has 0 saturated carbocycles. The number of aliphatic imine (C=N–C) groups is 1. The van der Waals surface area contributed by atoms with Gasteiger partial charge in [0.05, 0.1) is 6.04 Å². The van der Waals surface area contributed by atoms with Crippen LogP contribution in [0.15, 0.2) is 124 Å². The predicted molar refractivity (Wildman–Crippen MR) is 181 cm³/mol. The highest BCUT2D eigenvalue weighted by Gasteiger charge is 2.36. The van der Waals surface area contributed by atoms with Gasteiger partial charge in [-0.2, -0.15) is 0 Å². The topological polar surface area (TPSA) is 34.7 Å². The van der Waals surface area contributed by atoms with Crippen LogP contribution in [0.4, 0.5) is 0 Å². The van der Waals surface area contributed by atoms with Crippen LogP contribution >= 0.6 is 0 Å². The number of hydrogen-bond acceptors (Lipinski definition) is 3. The van der Waals surface area contributed by atoms with E-state index in [1.807, 2.05) is 12.1 Å². The van der Waals surface area contributed by atoms with Gasteiger partial charge in [0, 0.05) is 34.0 Å². The lowest BCUT2D eigenvalue weighted by molar-refractivity contribution is 0.265. The number of hydrogen-bond donors (Lipinski definition) is 0. The molecule has 3 heteroatoms. The number of nitrogens with zero attached hydrogens (tertiary/aromatic N) is 1. The van der Waals surface area contributed by atoms with Crippen molar-refractivity contribution in [1.82, 2.24) is 0 Å². The summed E-state index contributed by atoms with van der Waals surface area (Å²) in [4.78, 5) is 5.41. The van der Waals surface area contributed by atoms with Crippen molar-refractivity contribution in [2.75, 3.05) is 0 Å². The van der Waals surface area contributed by atoms with Crippen LogP contribution in [0, 0.1) is 11.8 Å². The van der Waals surface area contributed by atoms with Gasteiger partial charge in [0.1, 0.15) is 23.0 Å². The molecule has 0 bridgehead atoms. The Morgan fingerprint density at radius 1 is 0.795 bits per heavy atom. The SMILES string of the molecule is C1=CC(C2=NC(C3C=CCCC3)CC(C3=CC=C4c5cc(-c6ccc7c(c6)oc6ccccc67)ccc5OC4C3)C2)=CCC1. The van der Waals surface area contributed by atoms with E-state index in [0.717, 1.165) is 54.4 Å². The molecule has 0 N–H and O–H groups in total.